The minimum absolute atomic E-state index is 0.0231. The van der Waals surface area contributed by atoms with Crippen LogP contribution in [0.25, 0.3) is 6.08 Å². The Bertz CT molecular complexity index is 1660. The van der Waals surface area contributed by atoms with Gasteiger partial charge >= 0.3 is 6.18 Å². The molecule has 0 aliphatic rings. The lowest BCUT2D eigenvalue weighted by Gasteiger charge is -2.18. The van der Waals surface area contributed by atoms with Gasteiger partial charge in [-0.25, -0.2) is 0 Å². The number of nitrogens with one attached hydrogen (secondary N) is 3. The summed E-state index contributed by atoms with van der Waals surface area (Å²) in [4.78, 5) is 39.9. The van der Waals surface area contributed by atoms with Crippen molar-refractivity contribution in [3.8, 4) is 0 Å². The minimum atomic E-state index is -4.61. The van der Waals surface area contributed by atoms with Crippen molar-refractivity contribution < 1.29 is 27.6 Å². The monoisotopic (exact) mass is 617 g/mol. The molecular weight excluding hydrogens is 587 g/mol. The Morgan fingerprint density at radius 2 is 1.52 bits per heavy atom. The first-order valence-corrected chi connectivity index (χ1v) is 14.6. The number of benzene rings is 4. The number of hydrogen-bond donors (Lipinski definition) is 3. The average molecular weight is 618 g/mol. The number of para-hydroxylation sites is 1. The number of hydrogen-bond acceptors (Lipinski definition) is 4. The van der Waals surface area contributed by atoms with Gasteiger partial charge < -0.3 is 16.0 Å². The van der Waals surface area contributed by atoms with Crippen molar-refractivity contribution in [3.63, 3.8) is 0 Å². The molecule has 44 heavy (non-hydrogen) atoms. The summed E-state index contributed by atoms with van der Waals surface area (Å²) in [6.07, 6.45) is -2.70. The van der Waals surface area contributed by atoms with Gasteiger partial charge in [0.2, 0.25) is 5.91 Å². The van der Waals surface area contributed by atoms with Crippen LogP contribution in [0.1, 0.15) is 40.4 Å². The van der Waals surface area contributed by atoms with Gasteiger partial charge in [-0.3, -0.25) is 14.4 Å². The van der Waals surface area contributed by atoms with Gasteiger partial charge in [-0.15, -0.1) is 11.8 Å². The molecule has 4 rings (SSSR count). The second-order valence-corrected chi connectivity index (χ2v) is 11.1. The molecule has 0 bridgehead atoms. The van der Waals surface area contributed by atoms with Gasteiger partial charge in [-0.05, 0) is 67.4 Å². The molecule has 10 heteroatoms. The van der Waals surface area contributed by atoms with E-state index >= 15 is 0 Å². The third-order valence-corrected chi connectivity index (χ3v) is 7.80. The number of amides is 3. The minimum Gasteiger partial charge on any atom is -0.325 e. The van der Waals surface area contributed by atoms with E-state index in [0.717, 1.165) is 23.4 Å². The molecule has 0 spiro atoms. The molecule has 0 saturated heterocycles. The number of aryl methyl sites for hydroxylation is 1. The number of halogens is 3. The number of thioether (sulfide) groups is 1. The lowest BCUT2D eigenvalue weighted by Crippen LogP contribution is -2.30. The molecule has 4 aromatic rings. The van der Waals surface area contributed by atoms with Crippen LogP contribution in [0.5, 0.6) is 0 Å². The molecule has 6 nitrogen and oxygen atoms in total. The van der Waals surface area contributed by atoms with Crippen molar-refractivity contribution in [2.75, 3.05) is 10.6 Å². The second kappa shape index (κ2) is 14.6. The van der Waals surface area contributed by atoms with E-state index in [2.05, 4.69) is 16.0 Å². The Labute approximate surface area is 257 Å². The van der Waals surface area contributed by atoms with Crippen LogP contribution in [0, 0.1) is 6.92 Å². The van der Waals surface area contributed by atoms with Crippen LogP contribution in [-0.2, 0) is 15.8 Å². The summed E-state index contributed by atoms with van der Waals surface area (Å²) in [6.45, 7) is 3.70. The third-order valence-electron chi connectivity index (χ3n) is 6.44. The van der Waals surface area contributed by atoms with Crippen molar-refractivity contribution in [1.82, 2.24) is 5.32 Å². The number of carbonyl (C=O) groups is 3. The van der Waals surface area contributed by atoms with E-state index in [4.69, 9.17) is 0 Å². The Balaban J connectivity index is 1.50. The number of alkyl halides is 3. The lowest BCUT2D eigenvalue weighted by atomic mass is 10.1. The molecule has 1 unspecified atom stereocenters. The van der Waals surface area contributed by atoms with Gasteiger partial charge in [-0.1, -0.05) is 73.2 Å². The maximum Gasteiger partial charge on any atom is 0.418 e. The fourth-order valence-corrected chi connectivity index (χ4v) is 5.17. The Morgan fingerprint density at radius 3 is 2.20 bits per heavy atom. The molecule has 0 heterocycles. The maximum absolute atomic E-state index is 13.4. The molecule has 3 N–H and O–H groups in total. The van der Waals surface area contributed by atoms with Crippen LogP contribution < -0.4 is 16.0 Å². The lowest BCUT2D eigenvalue weighted by molar-refractivity contribution is -0.137. The van der Waals surface area contributed by atoms with E-state index < -0.39 is 34.7 Å². The van der Waals surface area contributed by atoms with Crippen molar-refractivity contribution in [1.29, 1.82) is 0 Å². The normalized spacial score (nSPS) is 12.2. The largest absolute Gasteiger partial charge is 0.418 e. The van der Waals surface area contributed by atoms with Gasteiger partial charge in [0, 0.05) is 16.1 Å². The predicted octanol–water partition coefficient (Wildman–Crippen LogP) is 7.93. The summed E-state index contributed by atoms with van der Waals surface area (Å²) in [5, 5.41) is 7.20. The zero-order valence-corrected chi connectivity index (χ0v) is 24.8. The first-order valence-electron chi connectivity index (χ1n) is 13.7. The topological polar surface area (TPSA) is 87.3 Å². The summed E-state index contributed by atoms with van der Waals surface area (Å²) in [5.41, 5.74) is 1.33. The third kappa shape index (κ3) is 8.84. The van der Waals surface area contributed by atoms with E-state index in [1.807, 2.05) is 31.2 Å². The first-order chi connectivity index (χ1) is 21.0. The number of rotatable bonds is 10. The Kier molecular flexibility index (Phi) is 10.6. The van der Waals surface area contributed by atoms with Gasteiger partial charge in [-0.2, -0.15) is 13.2 Å². The molecule has 0 aliphatic carbocycles. The molecule has 0 saturated carbocycles. The molecule has 4 aromatic carbocycles. The first kappa shape index (κ1) is 32.1. The Hall–Kier alpha value is -4.83. The van der Waals surface area contributed by atoms with Crippen LogP contribution in [0.2, 0.25) is 0 Å². The summed E-state index contributed by atoms with van der Waals surface area (Å²) in [6, 6.07) is 27.5. The number of anilines is 2. The van der Waals surface area contributed by atoms with Crippen molar-refractivity contribution in [3.05, 3.63) is 131 Å². The van der Waals surface area contributed by atoms with E-state index in [9.17, 15) is 27.6 Å². The molecule has 0 aromatic heterocycles. The molecule has 0 aliphatic heterocycles. The van der Waals surface area contributed by atoms with Crippen LogP contribution >= 0.6 is 11.8 Å². The maximum atomic E-state index is 13.4. The van der Waals surface area contributed by atoms with Crippen LogP contribution in [-0.4, -0.2) is 23.0 Å². The molecule has 3 amide bonds. The summed E-state index contributed by atoms with van der Waals surface area (Å²) >= 11 is 1.16. The van der Waals surface area contributed by atoms with Gasteiger partial charge in [0.25, 0.3) is 11.8 Å². The van der Waals surface area contributed by atoms with Crippen molar-refractivity contribution >= 4 is 46.9 Å². The van der Waals surface area contributed by atoms with Gasteiger partial charge in [0.05, 0.1) is 16.5 Å². The average Bonchev–Trinajstić information content (AvgIpc) is 3.00. The zero-order valence-electron chi connectivity index (χ0n) is 23.9. The van der Waals surface area contributed by atoms with Gasteiger partial charge in [0.15, 0.2) is 0 Å². The Morgan fingerprint density at radius 1 is 0.841 bits per heavy atom. The van der Waals surface area contributed by atoms with E-state index in [0.29, 0.717) is 28.1 Å². The molecule has 1 atom stereocenters. The molecular formula is C34H30F3N3O3S. The summed E-state index contributed by atoms with van der Waals surface area (Å²) in [5.74, 6) is -1.59. The molecule has 226 valence electrons. The smallest absolute Gasteiger partial charge is 0.325 e. The van der Waals surface area contributed by atoms with Crippen LogP contribution in [0.4, 0.5) is 24.5 Å². The van der Waals surface area contributed by atoms with Crippen LogP contribution in [0.3, 0.4) is 0 Å². The fourth-order valence-electron chi connectivity index (χ4n) is 4.16. The highest BCUT2D eigenvalue weighted by Gasteiger charge is 2.34. The summed E-state index contributed by atoms with van der Waals surface area (Å²) < 4.78 is 40.2. The highest BCUT2D eigenvalue weighted by Crippen LogP contribution is 2.35. The number of carbonyl (C=O) groups excluding carboxylic acids is 3. The molecule has 0 fully saturated rings. The quantitative estimate of drug-likeness (QED) is 0.125. The van der Waals surface area contributed by atoms with E-state index in [1.54, 1.807) is 67.6 Å². The van der Waals surface area contributed by atoms with E-state index in [1.165, 1.54) is 18.2 Å². The second-order valence-electron chi connectivity index (χ2n) is 9.82. The summed E-state index contributed by atoms with van der Waals surface area (Å²) in [7, 11) is 0. The van der Waals surface area contributed by atoms with Crippen molar-refractivity contribution in [2.45, 2.75) is 36.6 Å². The highest BCUT2D eigenvalue weighted by molar-refractivity contribution is 8.00. The van der Waals surface area contributed by atoms with Crippen molar-refractivity contribution in [2.24, 2.45) is 0 Å². The van der Waals surface area contributed by atoms with Crippen LogP contribution in [0.15, 0.2) is 114 Å². The zero-order chi connectivity index (χ0) is 31.7. The highest BCUT2D eigenvalue weighted by atomic mass is 32.2. The standard InChI is InChI=1S/C34H30F3N3O3S/c1-3-30(33(43)39-28-15-8-7-14-27(28)34(35,36)37)44-26-13-9-12-25(21-26)38-32(42)29(20-23-18-16-22(2)17-19-23)40-31(41)24-10-5-4-6-11-24/h4-21,30H,3H2,1-2H3,(H,38,42)(H,39,43)(H,40,41)/b29-20+. The molecule has 0 radical (unpaired) electrons. The predicted molar refractivity (Wildman–Crippen MR) is 168 cm³/mol. The fraction of sp³-hybridized carbons (Fsp3) is 0.147. The van der Waals surface area contributed by atoms with Gasteiger partial charge in [0.1, 0.15) is 5.70 Å². The van der Waals surface area contributed by atoms with E-state index in [-0.39, 0.29) is 11.4 Å². The SMILES string of the molecule is CCC(Sc1cccc(NC(=O)/C(=C\c2ccc(C)cc2)NC(=O)c2ccccc2)c1)C(=O)Nc1ccccc1C(F)(F)F.